The van der Waals surface area contributed by atoms with E-state index in [2.05, 4.69) is 10.1 Å². The standard InChI is InChI=1S/C19H18FNO3/c1-24-17(22)13-6-4-7-14(12-13)21-18(23)19(10-5-11-19)15-8-2-3-9-16(15)20/h2-4,6-9,12H,5,10-11H2,1H3,(H,21,23). The largest absolute Gasteiger partial charge is 0.465 e. The Morgan fingerprint density at radius 1 is 1.12 bits per heavy atom. The fourth-order valence-corrected chi connectivity index (χ4v) is 3.09. The van der Waals surface area contributed by atoms with Crippen LogP contribution in [0.5, 0.6) is 0 Å². The molecule has 0 aromatic heterocycles. The highest BCUT2D eigenvalue weighted by Crippen LogP contribution is 2.45. The Kier molecular flexibility index (Phi) is 4.34. The van der Waals surface area contributed by atoms with Gasteiger partial charge in [0.05, 0.1) is 18.1 Å². The minimum Gasteiger partial charge on any atom is -0.465 e. The van der Waals surface area contributed by atoms with E-state index in [4.69, 9.17) is 0 Å². The van der Waals surface area contributed by atoms with E-state index < -0.39 is 11.4 Å². The van der Waals surface area contributed by atoms with Crippen LogP contribution in [0.2, 0.25) is 0 Å². The average molecular weight is 327 g/mol. The van der Waals surface area contributed by atoms with Gasteiger partial charge in [-0.2, -0.15) is 0 Å². The monoisotopic (exact) mass is 327 g/mol. The van der Waals surface area contributed by atoms with Crippen LogP contribution in [0.25, 0.3) is 0 Å². The van der Waals surface area contributed by atoms with Gasteiger partial charge in [0, 0.05) is 11.3 Å². The van der Waals surface area contributed by atoms with Gasteiger partial charge in [0.1, 0.15) is 5.82 Å². The van der Waals surface area contributed by atoms with Crippen molar-refractivity contribution in [3.05, 3.63) is 65.5 Å². The molecule has 0 spiro atoms. The summed E-state index contributed by atoms with van der Waals surface area (Å²) in [6.45, 7) is 0. The summed E-state index contributed by atoms with van der Waals surface area (Å²) in [5.41, 5.74) is 0.430. The number of anilines is 1. The molecule has 2 aromatic rings. The van der Waals surface area contributed by atoms with Crippen molar-refractivity contribution in [3.8, 4) is 0 Å². The van der Waals surface area contributed by atoms with Gasteiger partial charge in [-0.05, 0) is 37.1 Å². The Bertz CT molecular complexity index is 784. The fourth-order valence-electron chi connectivity index (χ4n) is 3.09. The molecule has 4 nitrogen and oxygen atoms in total. The first-order valence-electron chi connectivity index (χ1n) is 7.82. The Hall–Kier alpha value is -2.69. The summed E-state index contributed by atoms with van der Waals surface area (Å²) in [6.07, 6.45) is 2.09. The summed E-state index contributed by atoms with van der Waals surface area (Å²) in [7, 11) is 1.30. The molecule has 1 aliphatic carbocycles. The van der Waals surface area contributed by atoms with Crippen molar-refractivity contribution < 1.29 is 18.7 Å². The van der Waals surface area contributed by atoms with E-state index in [-0.39, 0.29) is 11.7 Å². The lowest BCUT2D eigenvalue weighted by atomic mass is 9.63. The van der Waals surface area contributed by atoms with Gasteiger partial charge in [0.25, 0.3) is 0 Å². The zero-order valence-corrected chi connectivity index (χ0v) is 13.3. The molecule has 0 bridgehead atoms. The first kappa shape index (κ1) is 16.2. The molecular weight excluding hydrogens is 309 g/mol. The number of carbonyl (C=O) groups is 2. The molecule has 0 atom stereocenters. The molecule has 0 aliphatic heterocycles. The summed E-state index contributed by atoms with van der Waals surface area (Å²) < 4.78 is 18.9. The van der Waals surface area contributed by atoms with E-state index in [1.54, 1.807) is 42.5 Å². The molecule has 124 valence electrons. The van der Waals surface area contributed by atoms with Gasteiger partial charge in [-0.25, -0.2) is 9.18 Å². The quantitative estimate of drug-likeness (QED) is 0.872. The second-order valence-electron chi connectivity index (χ2n) is 5.94. The second kappa shape index (κ2) is 6.43. The topological polar surface area (TPSA) is 55.4 Å². The van der Waals surface area contributed by atoms with Gasteiger partial charge in [-0.15, -0.1) is 0 Å². The number of hydrogen-bond acceptors (Lipinski definition) is 3. The molecule has 3 rings (SSSR count). The van der Waals surface area contributed by atoms with E-state index in [1.165, 1.54) is 13.2 Å². The predicted octanol–water partition coefficient (Wildman–Crippen LogP) is 3.67. The molecule has 0 heterocycles. The van der Waals surface area contributed by atoms with Crippen molar-refractivity contribution >= 4 is 17.6 Å². The molecule has 5 heteroatoms. The number of halogens is 1. The van der Waals surface area contributed by atoms with Crippen molar-refractivity contribution in [3.63, 3.8) is 0 Å². The van der Waals surface area contributed by atoms with Gasteiger partial charge in [-0.1, -0.05) is 30.7 Å². The number of carbonyl (C=O) groups excluding carboxylic acids is 2. The second-order valence-corrected chi connectivity index (χ2v) is 5.94. The summed E-state index contributed by atoms with van der Waals surface area (Å²) in [4.78, 5) is 24.4. The van der Waals surface area contributed by atoms with Crippen LogP contribution in [0.3, 0.4) is 0 Å². The van der Waals surface area contributed by atoms with Gasteiger partial charge in [0.2, 0.25) is 5.91 Å². The molecule has 0 saturated heterocycles. The maximum atomic E-state index is 14.2. The van der Waals surface area contributed by atoms with Gasteiger partial charge in [-0.3, -0.25) is 4.79 Å². The zero-order chi connectivity index (χ0) is 17.2. The van der Waals surface area contributed by atoms with Crippen LogP contribution in [-0.4, -0.2) is 19.0 Å². The average Bonchev–Trinajstić information content (AvgIpc) is 2.55. The van der Waals surface area contributed by atoms with Crippen LogP contribution in [-0.2, 0) is 14.9 Å². The molecule has 2 aromatic carbocycles. The Morgan fingerprint density at radius 2 is 1.88 bits per heavy atom. The highest BCUT2D eigenvalue weighted by molar-refractivity contribution is 6.01. The third kappa shape index (κ3) is 2.77. The number of amides is 1. The summed E-state index contributed by atoms with van der Waals surface area (Å²) in [5.74, 6) is -1.09. The highest BCUT2D eigenvalue weighted by atomic mass is 19.1. The summed E-state index contributed by atoms with van der Waals surface area (Å²) in [6, 6.07) is 12.9. The molecular formula is C19H18FNO3. The number of hydrogen-bond donors (Lipinski definition) is 1. The lowest BCUT2D eigenvalue weighted by Crippen LogP contribution is -2.46. The molecule has 24 heavy (non-hydrogen) atoms. The van der Waals surface area contributed by atoms with Crippen LogP contribution < -0.4 is 5.32 Å². The Balaban J connectivity index is 1.86. The van der Waals surface area contributed by atoms with E-state index in [0.717, 1.165) is 6.42 Å². The third-order valence-electron chi connectivity index (χ3n) is 4.57. The minimum absolute atomic E-state index is 0.249. The zero-order valence-electron chi connectivity index (χ0n) is 13.3. The molecule has 1 fully saturated rings. The normalized spacial score (nSPS) is 15.2. The maximum Gasteiger partial charge on any atom is 0.337 e. The van der Waals surface area contributed by atoms with Crippen LogP contribution >= 0.6 is 0 Å². The minimum atomic E-state index is -0.841. The number of ether oxygens (including phenoxy) is 1. The summed E-state index contributed by atoms with van der Waals surface area (Å²) in [5, 5.41) is 2.82. The fraction of sp³-hybridized carbons (Fsp3) is 0.263. The van der Waals surface area contributed by atoms with E-state index in [9.17, 15) is 14.0 Å². The molecule has 1 N–H and O–H groups in total. The maximum absolute atomic E-state index is 14.2. The van der Waals surface area contributed by atoms with E-state index in [0.29, 0.717) is 29.7 Å². The van der Waals surface area contributed by atoms with Crippen LogP contribution in [0.4, 0.5) is 10.1 Å². The molecule has 0 unspecified atom stereocenters. The Morgan fingerprint density at radius 3 is 2.50 bits per heavy atom. The smallest absolute Gasteiger partial charge is 0.337 e. The number of rotatable bonds is 4. The van der Waals surface area contributed by atoms with Crippen molar-refractivity contribution in [2.45, 2.75) is 24.7 Å². The predicted molar refractivity (Wildman–Crippen MR) is 88.3 cm³/mol. The number of benzene rings is 2. The Labute approximate surface area is 139 Å². The highest BCUT2D eigenvalue weighted by Gasteiger charge is 2.47. The van der Waals surface area contributed by atoms with Crippen LogP contribution in [0.1, 0.15) is 35.2 Å². The van der Waals surface area contributed by atoms with Crippen LogP contribution in [0.15, 0.2) is 48.5 Å². The third-order valence-corrected chi connectivity index (χ3v) is 4.57. The SMILES string of the molecule is COC(=O)c1cccc(NC(=O)C2(c3ccccc3F)CCC2)c1. The van der Waals surface area contributed by atoms with Crippen LogP contribution in [0, 0.1) is 5.82 Å². The molecule has 1 saturated carbocycles. The van der Waals surface area contributed by atoms with E-state index >= 15 is 0 Å². The van der Waals surface area contributed by atoms with Crippen molar-refractivity contribution in [1.82, 2.24) is 0 Å². The number of nitrogens with one attached hydrogen (secondary N) is 1. The van der Waals surface area contributed by atoms with Gasteiger partial charge >= 0.3 is 5.97 Å². The molecule has 0 radical (unpaired) electrons. The molecule has 1 aliphatic rings. The molecule has 1 amide bonds. The first-order chi connectivity index (χ1) is 11.6. The number of esters is 1. The first-order valence-corrected chi connectivity index (χ1v) is 7.82. The lowest BCUT2D eigenvalue weighted by Gasteiger charge is -2.40. The van der Waals surface area contributed by atoms with Gasteiger partial charge < -0.3 is 10.1 Å². The van der Waals surface area contributed by atoms with Crippen molar-refractivity contribution in [2.75, 3.05) is 12.4 Å². The summed E-state index contributed by atoms with van der Waals surface area (Å²) >= 11 is 0. The van der Waals surface area contributed by atoms with Crippen molar-refractivity contribution in [2.24, 2.45) is 0 Å². The number of methoxy groups -OCH3 is 1. The van der Waals surface area contributed by atoms with Crippen molar-refractivity contribution in [1.29, 1.82) is 0 Å². The van der Waals surface area contributed by atoms with Gasteiger partial charge in [0.15, 0.2) is 0 Å². The van der Waals surface area contributed by atoms with E-state index in [1.807, 2.05) is 0 Å². The lowest BCUT2D eigenvalue weighted by molar-refractivity contribution is -0.124.